The molecule has 5 heteroatoms. The van der Waals surface area contributed by atoms with Crippen LogP contribution in [0.25, 0.3) is 11.1 Å². The van der Waals surface area contributed by atoms with E-state index in [9.17, 15) is 9.59 Å². The van der Waals surface area contributed by atoms with Crippen molar-refractivity contribution in [3.05, 3.63) is 60.2 Å². The number of piperidine rings is 1. The fraction of sp³-hybridized carbons (Fsp3) is 0.333. The van der Waals surface area contributed by atoms with Gasteiger partial charge in [0.15, 0.2) is 0 Å². The summed E-state index contributed by atoms with van der Waals surface area (Å²) in [7, 11) is 2.08. The average molecular weight is 351 g/mol. The predicted octanol–water partition coefficient (Wildman–Crippen LogP) is 2.29. The van der Waals surface area contributed by atoms with E-state index in [1.165, 1.54) is 0 Å². The van der Waals surface area contributed by atoms with Crippen molar-refractivity contribution in [1.29, 1.82) is 0 Å². The normalized spacial score (nSPS) is 15.4. The third-order valence-electron chi connectivity index (χ3n) is 4.75. The summed E-state index contributed by atoms with van der Waals surface area (Å²) >= 11 is 0. The van der Waals surface area contributed by atoms with Crippen LogP contribution in [-0.4, -0.2) is 49.4 Å². The van der Waals surface area contributed by atoms with E-state index >= 15 is 0 Å². The number of carbonyl (C=O) groups is 2. The quantitative estimate of drug-likeness (QED) is 0.869. The first-order valence-corrected chi connectivity index (χ1v) is 9.03. The lowest BCUT2D eigenvalue weighted by atomic mass is 10.0. The third kappa shape index (κ3) is 4.92. The molecule has 1 fully saturated rings. The summed E-state index contributed by atoms with van der Waals surface area (Å²) in [5.74, 6) is -0.364. The fourth-order valence-corrected chi connectivity index (χ4v) is 3.14. The summed E-state index contributed by atoms with van der Waals surface area (Å²) in [6, 6.07) is 17.6. The van der Waals surface area contributed by atoms with Crippen LogP contribution in [0.1, 0.15) is 23.2 Å². The summed E-state index contributed by atoms with van der Waals surface area (Å²) in [6.45, 7) is 1.99. The van der Waals surface area contributed by atoms with Gasteiger partial charge in [0, 0.05) is 11.6 Å². The highest BCUT2D eigenvalue weighted by Gasteiger charge is 2.18. The maximum atomic E-state index is 12.2. The first-order chi connectivity index (χ1) is 12.6. The number of amides is 2. The van der Waals surface area contributed by atoms with Crippen LogP contribution < -0.4 is 10.6 Å². The summed E-state index contributed by atoms with van der Waals surface area (Å²) in [4.78, 5) is 26.5. The molecule has 26 heavy (non-hydrogen) atoms. The van der Waals surface area contributed by atoms with Crippen LogP contribution in [0.15, 0.2) is 54.6 Å². The van der Waals surface area contributed by atoms with E-state index in [1.54, 1.807) is 12.1 Å². The fourth-order valence-electron chi connectivity index (χ4n) is 3.14. The molecule has 0 spiro atoms. The number of nitrogens with one attached hydrogen (secondary N) is 2. The zero-order chi connectivity index (χ0) is 18.4. The molecule has 0 bridgehead atoms. The minimum absolute atomic E-state index is 0.00556. The van der Waals surface area contributed by atoms with Crippen LogP contribution in [0, 0.1) is 0 Å². The number of likely N-dealkylation sites (tertiary alicyclic amines) is 1. The molecular formula is C21H25N3O2. The van der Waals surface area contributed by atoms with Gasteiger partial charge >= 0.3 is 0 Å². The van der Waals surface area contributed by atoms with Gasteiger partial charge in [-0.1, -0.05) is 42.5 Å². The van der Waals surface area contributed by atoms with Gasteiger partial charge in [-0.25, -0.2) is 0 Å². The molecule has 0 aliphatic carbocycles. The maximum absolute atomic E-state index is 12.2. The van der Waals surface area contributed by atoms with Crippen molar-refractivity contribution in [2.45, 2.75) is 18.9 Å². The highest BCUT2D eigenvalue weighted by Crippen LogP contribution is 2.19. The highest BCUT2D eigenvalue weighted by molar-refractivity contribution is 5.96. The molecule has 1 saturated heterocycles. The Balaban J connectivity index is 1.48. The molecule has 3 rings (SSSR count). The van der Waals surface area contributed by atoms with Crippen LogP contribution in [-0.2, 0) is 4.79 Å². The maximum Gasteiger partial charge on any atom is 0.251 e. The second kappa shape index (κ2) is 8.63. The van der Waals surface area contributed by atoms with Gasteiger partial charge in [0.25, 0.3) is 5.91 Å². The summed E-state index contributed by atoms with van der Waals surface area (Å²) < 4.78 is 0. The van der Waals surface area contributed by atoms with E-state index in [0.717, 1.165) is 37.1 Å². The molecule has 2 amide bonds. The highest BCUT2D eigenvalue weighted by atomic mass is 16.2. The molecule has 1 aliphatic rings. The van der Waals surface area contributed by atoms with E-state index in [-0.39, 0.29) is 24.4 Å². The molecule has 2 N–H and O–H groups in total. The first-order valence-electron chi connectivity index (χ1n) is 9.03. The number of benzene rings is 2. The molecular weight excluding hydrogens is 326 g/mol. The van der Waals surface area contributed by atoms with Crippen molar-refractivity contribution in [3.8, 4) is 11.1 Å². The van der Waals surface area contributed by atoms with Crippen molar-refractivity contribution >= 4 is 11.8 Å². The second-order valence-electron chi connectivity index (χ2n) is 6.77. The van der Waals surface area contributed by atoms with Crippen LogP contribution in [0.5, 0.6) is 0 Å². The number of rotatable bonds is 5. The Morgan fingerprint density at radius 1 is 0.962 bits per heavy atom. The van der Waals surface area contributed by atoms with E-state index in [4.69, 9.17) is 0 Å². The van der Waals surface area contributed by atoms with Gasteiger partial charge in [-0.2, -0.15) is 0 Å². The van der Waals surface area contributed by atoms with Crippen LogP contribution in [0.4, 0.5) is 0 Å². The monoisotopic (exact) mass is 351 g/mol. The lowest BCUT2D eigenvalue weighted by Gasteiger charge is -2.29. The Hall–Kier alpha value is -2.66. The molecule has 1 heterocycles. The van der Waals surface area contributed by atoms with E-state index in [1.807, 2.05) is 42.5 Å². The van der Waals surface area contributed by atoms with Crippen molar-refractivity contribution in [1.82, 2.24) is 15.5 Å². The Labute approximate surface area is 154 Å². The van der Waals surface area contributed by atoms with Gasteiger partial charge in [0.2, 0.25) is 5.91 Å². The predicted molar refractivity (Wildman–Crippen MR) is 103 cm³/mol. The number of hydrogen-bond donors (Lipinski definition) is 2. The smallest absolute Gasteiger partial charge is 0.251 e. The van der Waals surface area contributed by atoms with Gasteiger partial charge in [0.05, 0.1) is 6.54 Å². The Morgan fingerprint density at radius 3 is 2.23 bits per heavy atom. The number of hydrogen-bond acceptors (Lipinski definition) is 3. The zero-order valence-corrected chi connectivity index (χ0v) is 15.1. The molecule has 2 aromatic carbocycles. The Bertz CT molecular complexity index is 736. The van der Waals surface area contributed by atoms with Crippen molar-refractivity contribution in [2.75, 3.05) is 26.7 Å². The molecule has 0 atom stereocenters. The van der Waals surface area contributed by atoms with Gasteiger partial charge < -0.3 is 15.5 Å². The SMILES string of the molecule is CN1CCC(NC(=O)CNC(=O)c2ccc(-c3ccccc3)cc2)CC1. The number of nitrogens with zero attached hydrogens (tertiary/aromatic N) is 1. The van der Waals surface area contributed by atoms with Crippen molar-refractivity contribution in [3.63, 3.8) is 0 Å². The first kappa shape index (κ1) is 18.1. The van der Waals surface area contributed by atoms with Gasteiger partial charge in [-0.05, 0) is 56.2 Å². The molecule has 1 aliphatic heterocycles. The molecule has 5 nitrogen and oxygen atoms in total. The van der Waals surface area contributed by atoms with E-state index in [2.05, 4.69) is 22.6 Å². The molecule has 2 aromatic rings. The van der Waals surface area contributed by atoms with Crippen molar-refractivity contribution < 1.29 is 9.59 Å². The minimum atomic E-state index is -0.233. The zero-order valence-electron chi connectivity index (χ0n) is 15.1. The Morgan fingerprint density at radius 2 is 1.58 bits per heavy atom. The van der Waals surface area contributed by atoms with Crippen LogP contribution in [0.3, 0.4) is 0 Å². The topological polar surface area (TPSA) is 61.4 Å². The summed E-state index contributed by atoms with van der Waals surface area (Å²) in [5, 5.41) is 5.69. The minimum Gasteiger partial charge on any atom is -0.352 e. The Kier molecular flexibility index (Phi) is 6.02. The molecule has 0 aromatic heterocycles. The third-order valence-corrected chi connectivity index (χ3v) is 4.75. The average Bonchev–Trinajstić information content (AvgIpc) is 2.69. The summed E-state index contributed by atoms with van der Waals surface area (Å²) in [5.41, 5.74) is 2.72. The largest absolute Gasteiger partial charge is 0.352 e. The lowest BCUT2D eigenvalue weighted by Crippen LogP contribution is -2.46. The molecule has 136 valence electrons. The standard InChI is InChI=1S/C21H25N3O2/c1-24-13-11-19(12-14-24)23-20(25)15-22-21(26)18-9-7-17(8-10-18)16-5-3-2-4-6-16/h2-10,19H,11-15H2,1H3,(H,22,26)(H,23,25). The van der Waals surface area contributed by atoms with Gasteiger partial charge in [0.1, 0.15) is 0 Å². The molecule has 0 radical (unpaired) electrons. The lowest BCUT2D eigenvalue weighted by molar-refractivity contribution is -0.121. The van der Waals surface area contributed by atoms with Crippen molar-refractivity contribution in [2.24, 2.45) is 0 Å². The van der Waals surface area contributed by atoms with E-state index < -0.39 is 0 Å². The summed E-state index contributed by atoms with van der Waals surface area (Å²) in [6.07, 6.45) is 1.91. The van der Waals surface area contributed by atoms with E-state index in [0.29, 0.717) is 5.56 Å². The molecule has 0 unspecified atom stereocenters. The number of carbonyl (C=O) groups excluding carboxylic acids is 2. The van der Waals surface area contributed by atoms with Crippen LogP contribution in [0.2, 0.25) is 0 Å². The van der Waals surface area contributed by atoms with Crippen LogP contribution >= 0.6 is 0 Å². The van der Waals surface area contributed by atoms with Gasteiger partial charge in [-0.3, -0.25) is 9.59 Å². The van der Waals surface area contributed by atoms with Gasteiger partial charge in [-0.15, -0.1) is 0 Å². The second-order valence-corrected chi connectivity index (χ2v) is 6.77. The molecule has 0 saturated carbocycles.